The van der Waals surface area contributed by atoms with Gasteiger partial charge in [0.25, 0.3) is 0 Å². The molecule has 1 amide bonds. The van der Waals surface area contributed by atoms with E-state index >= 15 is 0 Å². The third-order valence-corrected chi connectivity index (χ3v) is 8.64. The second-order valence-corrected chi connectivity index (χ2v) is 11.2. The first-order valence-electron chi connectivity index (χ1n) is 10.7. The lowest BCUT2D eigenvalue weighted by molar-refractivity contribution is -0.131. The molecule has 9 heteroatoms. The molecule has 2 aromatic carbocycles. The lowest BCUT2D eigenvalue weighted by atomic mass is 10.2. The third-order valence-electron chi connectivity index (χ3n) is 5.70. The zero-order valence-corrected chi connectivity index (χ0v) is 20.0. The Kier molecular flexibility index (Phi) is 6.90. The average Bonchev–Trinajstić information content (AvgIpc) is 3.02. The van der Waals surface area contributed by atoms with E-state index in [0.29, 0.717) is 44.0 Å². The standard InChI is InChI=1S/C23H28N4O3S2/c1-18-8-10-19(11-9-18)32(29,30)27-13-5-12-26(14-15-27)17-23(28)25(2)16-22-24-20-6-3-4-7-21(20)31-22/h3-4,6-11H,5,12-17H2,1-2H3. The van der Waals surface area contributed by atoms with Gasteiger partial charge in [0.2, 0.25) is 15.9 Å². The molecule has 0 spiro atoms. The summed E-state index contributed by atoms with van der Waals surface area (Å²) in [6, 6.07) is 14.9. The number of aryl methyl sites for hydroxylation is 1. The van der Waals surface area contributed by atoms with Gasteiger partial charge in [0.05, 0.1) is 28.2 Å². The summed E-state index contributed by atoms with van der Waals surface area (Å²) in [5.74, 6) is 0.0131. The minimum atomic E-state index is -3.52. The Labute approximate surface area is 193 Å². The zero-order chi connectivity index (χ0) is 22.7. The van der Waals surface area contributed by atoms with Gasteiger partial charge < -0.3 is 4.90 Å². The second kappa shape index (κ2) is 9.66. The number of hydrogen-bond acceptors (Lipinski definition) is 6. The van der Waals surface area contributed by atoms with Gasteiger partial charge in [-0.05, 0) is 44.2 Å². The number of carbonyl (C=O) groups is 1. The Morgan fingerprint density at radius 3 is 2.56 bits per heavy atom. The number of likely N-dealkylation sites (N-methyl/N-ethyl adjacent to an activating group) is 1. The molecule has 0 bridgehead atoms. The molecule has 1 aliphatic heterocycles. The quantitative estimate of drug-likeness (QED) is 0.552. The summed E-state index contributed by atoms with van der Waals surface area (Å²) in [6.45, 7) is 4.75. The number of hydrogen-bond donors (Lipinski definition) is 0. The van der Waals surface area contributed by atoms with Gasteiger partial charge in [-0.3, -0.25) is 9.69 Å². The first kappa shape index (κ1) is 22.8. The molecule has 0 unspecified atom stereocenters. The van der Waals surface area contributed by atoms with Crippen LogP contribution in [0.3, 0.4) is 0 Å². The molecule has 170 valence electrons. The van der Waals surface area contributed by atoms with E-state index in [2.05, 4.69) is 4.98 Å². The van der Waals surface area contributed by atoms with E-state index in [4.69, 9.17) is 0 Å². The maximum atomic E-state index is 13.0. The van der Waals surface area contributed by atoms with Crippen LogP contribution in [0.4, 0.5) is 0 Å². The fourth-order valence-corrected chi connectivity index (χ4v) is 6.29. The van der Waals surface area contributed by atoms with Crippen molar-refractivity contribution in [2.75, 3.05) is 39.8 Å². The van der Waals surface area contributed by atoms with Crippen LogP contribution in [-0.2, 0) is 21.4 Å². The Balaban J connectivity index is 1.34. The van der Waals surface area contributed by atoms with Crippen molar-refractivity contribution in [1.29, 1.82) is 0 Å². The third kappa shape index (κ3) is 5.17. The molecular formula is C23H28N4O3S2. The molecule has 0 saturated carbocycles. The van der Waals surface area contributed by atoms with Gasteiger partial charge in [0, 0.05) is 26.7 Å². The van der Waals surface area contributed by atoms with Crippen molar-refractivity contribution >= 4 is 37.5 Å². The highest BCUT2D eigenvalue weighted by Gasteiger charge is 2.27. The first-order chi connectivity index (χ1) is 15.3. The molecular weight excluding hydrogens is 444 g/mol. The van der Waals surface area contributed by atoms with Crippen molar-refractivity contribution in [3.8, 4) is 0 Å². The van der Waals surface area contributed by atoms with E-state index < -0.39 is 10.0 Å². The summed E-state index contributed by atoms with van der Waals surface area (Å²) in [6.07, 6.45) is 0.694. The van der Waals surface area contributed by atoms with Crippen LogP contribution in [-0.4, -0.2) is 73.2 Å². The Hall–Kier alpha value is -2.33. The van der Waals surface area contributed by atoms with Crippen LogP contribution in [0.15, 0.2) is 53.4 Å². The van der Waals surface area contributed by atoms with E-state index in [0.717, 1.165) is 20.8 Å². The molecule has 2 heterocycles. The number of amides is 1. The molecule has 1 aliphatic rings. The number of sulfonamides is 1. The van der Waals surface area contributed by atoms with E-state index in [1.807, 2.05) is 48.2 Å². The molecule has 0 radical (unpaired) electrons. The molecule has 1 saturated heterocycles. The number of benzene rings is 2. The summed E-state index contributed by atoms with van der Waals surface area (Å²) < 4.78 is 28.6. The monoisotopic (exact) mass is 472 g/mol. The first-order valence-corrected chi connectivity index (χ1v) is 13.0. The molecule has 0 aliphatic carbocycles. The SMILES string of the molecule is Cc1ccc(S(=O)(=O)N2CCCN(CC(=O)N(C)Cc3nc4ccccc4s3)CC2)cc1. The normalized spacial score (nSPS) is 16.2. The molecule has 4 rings (SSSR count). The number of para-hydroxylation sites is 1. The van der Waals surface area contributed by atoms with Gasteiger partial charge in [-0.15, -0.1) is 11.3 Å². The summed E-state index contributed by atoms with van der Waals surface area (Å²) in [4.78, 5) is 21.5. The minimum Gasteiger partial charge on any atom is -0.338 e. The largest absolute Gasteiger partial charge is 0.338 e. The molecule has 1 aromatic heterocycles. The summed E-state index contributed by atoms with van der Waals surface area (Å²) >= 11 is 1.60. The Morgan fingerprint density at radius 1 is 1.06 bits per heavy atom. The number of carbonyl (C=O) groups excluding carboxylic acids is 1. The maximum absolute atomic E-state index is 13.0. The van der Waals surface area contributed by atoms with Crippen molar-refractivity contribution in [3.63, 3.8) is 0 Å². The van der Waals surface area contributed by atoms with Crippen molar-refractivity contribution in [2.45, 2.75) is 24.8 Å². The average molecular weight is 473 g/mol. The Morgan fingerprint density at radius 2 is 1.81 bits per heavy atom. The number of aromatic nitrogens is 1. The highest BCUT2D eigenvalue weighted by Crippen LogP contribution is 2.22. The van der Waals surface area contributed by atoms with Gasteiger partial charge >= 0.3 is 0 Å². The van der Waals surface area contributed by atoms with Crippen molar-refractivity contribution in [3.05, 3.63) is 59.1 Å². The maximum Gasteiger partial charge on any atom is 0.243 e. The molecule has 3 aromatic rings. The summed E-state index contributed by atoms with van der Waals surface area (Å²) in [5.41, 5.74) is 1.98. The summed E-state index contributed by atoms with van der Waals surface area (Å²) in [7, 11) is -1.73. The molecule has 0 atom stereocenters. The molecule has 32 heavy (non-hydrogen) atoms. The number of thiazole rings is 1. The van der Waals surface area contributed by atoms with Crippen LogP contribution in [0.1, 0.15) is 17.0 Å². The zero-order valence-electron chi connectivity index (χ0n) is 18.4. The molecule has 0 N–H and O–H groups in total. The van der Waals surface area contributed by atoms with Gasteiger partial charge in [-0.1, -0.05) is 29.8 Å². The van der Waals surface area contributed by atoms with E-state index in [-0.39, 0.29) is 12.5 Å². The highest BCUT2D eigenvalue weighted by molar-refractivity contribution is 7.89. The number of rotatable bonds is 6. The molecule has 1 fully saturated rings. The van der Waals surface area contributed by atoms with Gasteiger partial charge in [0.1, 0.15) is 5.01 Å². The lowest BCUT2D eigenvalue weighted by Gasteiger charge is -2.23. The number of fused-ring (bicyclic) bond motifs is 1. The van der Waals surface area contributed by atoms with E-state index in [1.54, 1.807) is 35.4 Å². The van der Waals surface area contributed by atoms with Crippen molar-refractivity contribution in [1.82, 2.24) is 19.1 Å². The van der Waals surface area contributed by atoms with Gasteiger partial charge in [-0.25, -0.2) is 13.4 Å². The summed E-state index contributed by atoms with van der Waals surface area (Å²) in [5, 5.41) is 0.910. The van der Waals surface area contributed by atoms with Crippen LogP contribution in [0.5, 0.6) is 0 Å². The van der Waals surface area contributed by atoms with Crippen LogP contribution in [0.2, 0.25) is 0 Å². The fraction of sp³-hybridized carbons (Fsp3) is 0.391. The van der Waals surface area contributed by atoms with Crippen molar-refractivity contribution < 1.29 is 13.2 Å². The number of nitrogens with zero attached hydrogens (tertiary/aromatic N) is 4. The van der Waals surface area contributed by atoms with Crippen LogP contribution < -0.4 is 0 Å². The van der Waals surface area contributed by atoms with Gasteiger partial charge in [0.15, 0.2) is 0 Å². The predicted molar refractivity (Wildman–Crippen MR) is 127 cm³/mol. The van der Waals surface area contributed by atoms with Crippen LogP contribution in [0, 0.1) is 6.92 Å². The topological polar surface area (TPSA) is 73.8 Å². The predicted octanol–water partition coefficient (Wildman–Crippen LogP) is 2.96. The van der Waals surface area contributed by atoms with Gasteiger partial charge in [-0.2, -0.15) is 4.31 Å². The minimum absolute atomic E-state index is 0.0131. The highest BCUT2D eigenvalue weighted by atomic mass is 32.2. The van der Waals surface area contributed by atoms with Crippen molar-refractivity contribution in [2.24, 2.45) is 0 Å². The lowest BCUT2D eigenvalue weighted by Crippen LogP contribution is -2.40. The van der Waals surface area contributed by atoms with Crippen LogP contribution >= 0.6 is 11.3 Å². The second-order valence-electron chi connectivity index (χ2n) is 8.17. The van der Waals surface area contributed by atoms with E-state index in [9.17, 15) is 13.2 Å². The Bertz CT molecular complexity index is 1160. The smallest absolute Gasteiger partial charge is 0.243 e. The van der Waals surface area contributed by atoms with Crippen LogP contribution in [0.25, 0.3) is 10.2 Å². The van der Waals surface area contributed by atoms with E-state index in [1.165, 1.54) is 4.31 Å². The molecule has 7 nitrogen and oxygen atoms in total. The fourth-order valence-electron chi connectivity index (χ4n) is 3.80.